The zero-order chi connectivity index (χ0) is 16.2. The smallest absolute Gasteiger partial charge is 0.352 e. The van der Waals surface area contributed by atoms with Gasteiger partial charge in [-0.2, -0.15) is 13.2 Å². The fourth-order valence-electron chi connectivity index (χ4n) is 1.96. The molecular weight excluding hydrogens is 315 g/mol. The first-order valence-corrected chi connectivity index (χ1v) is 6.94. The molecule has 0 aromatic heterocycles. The fraction of sp³-hybridized carbons (Fsp3) is 0.188. The van der Waals surface area contributed by atoms with Gasteiger partial charge in [0.15, 0.2) is 0 Å². The number of alkyl halides is 3. The highest BCUT2D eigenvalue weighted by Gasteiger charge is 2.30. The summed E-state index contributed by atoms with van der Waals surface area (Å²) in [5.74, 6) is -0.349. The minimum atomic E-state index is -4.36. The molecule has 0 radical (unpaired) electrons. The summed E-state index contributed by atoms with van der Waals surface area (Å²) in [5, 5.41) is 2.97. The van der Waals surface area contributed by atoms with Gasteiger partial charge in [-0.3, -0.25) is 4.79 Å². The van der Waals surface area contributed by atoms with E-state index in [2.05, 4.69) is 5.32 Å². The number of rotatable bonds is 4. The first-order valence-electron chi connectivity index (χ1n) is 6.57. The van der Waals surface area contributed by atoms with Gasteiger partial charge >= 0.3 is 6.18 Å². The van der Waals surface area contributed by atoms with Gasteiger partial charge in [0.2, 0.25) is 0 Å². The molecule has 0 aliphatic heterocycles. The van der Waals surface area contributed by atoms with Crippen LogP contribution in [0.25, 0.3) is 0 Å². The molecule has 6 heteroatoms. The molecular formula is C16H13ClF3NO. The van der Waals surface area contributed by atoms with Crippen LogP contribution in [-0.2, 0) is 12.6 Å². The van der Waals surface area contributed by atoms with Crippen LogP contribution in [0.2, 0.25) is 5.02 Å². The SMILES string of the molecule is O=C(NCCc1cccc(C(F)(F)F)c1)c1ccccc1Cl. The largest absolute Gasteiger partial charge is 0.416 e. The predicted molar refractivity (Wildman–Crippen MR) is 78.9 cm³/mol. The molecule has 2 rings (SSSR count). The summed E-state index contributed by atoms with van der Waals surface area (Å²) in [6, 6.07) is 11.6. The van der Waals surface area contributed by atoms with E-state index in [1.807, 2.05) is 0 Å². The van der Waals surface area contributed by atoms with Crippen LogP contribution < -0.4 is 5.32 Å². The lowest BCUT2D eigenvalue weighted by Crippen LogP contribution is -2.26. The van der Waals surface area contributed by atoms with Gasteiger partial charge in [0.1, 0.15) is 0 Å². The summed E-state index contributed by atoms with van der Waals surface area (Å²) in [7, 11) is 0. The predicted octanol–water partition coefficient (Wildman–Crippen LogP) is 4.33. The molecule has 0 saturated carbocycles. The summed E-state index contributed by atoms with van der Waals surface area (Å²) in [5.41, 5.74) is 0.157. The van der Waals surface area contributed by atoms with Crippen LogP contribution in [0.15, 0.2) is 48.5 Å². The lowest BCUT2D eigenvalue weighted by Gasteiger charge is -2.09. The number of carbonyl (C=O) groups excluding carboxylic acids is 1. The van der Waals surface area contributed by atoms with E-state index in [9.17, 15) is 18.0 Å². The Bertz CT molecular complexity index is 670. The standard InChI is InChI=1S/C16H13ClF3NO/c17-14-7-2-1-6-13(14)15(22)21-9-8-11-4-3-5-12(10-11)16(18,19)20/h1-7,10H,8-9H2,(H,21,22). The quantitative estimate of drug-likeness (QED) is 0.889. The molecule has 2 aromatic carbocycles. The maximum atomic E-state index is 12.6. The number of nitrogens with one attached hydrogen (secondary N) is 1. The summed E-state index contributed by atoms with van der Waals surface area (Å²) >= 11 is 5.90. The van der Waals surface area contributed by atoms with Gasteiger partial charge in [0.25, 0.3) is 5.91 Å². The highest BCUT2D eigenvalue weighted by molar-refractivity contribution is 6.33. The van der Waals surface area contributed by atoms with Crippen LogP contribution in [0.3, 0.4) is 0 Å². The number of halogens is 4. The van der Waals surface area contributed by atoms with Crippen LogP contribution >= 0.6 is 11.6 Å². The van der Waals surface area contributed by atoms with Gasteiger partial charge in [-0.05, 0) is 30.2 Å². The van der Waals surface area contributed by atoms with Gasteiger partial charge < -0.3 is 5.32 Å². The normalized spacial score (nSPS) is 11.3. The Morgan fingerprint density at radius 2 is 1.82 bits per heavy atom. The van der Waals surface area contributed by atoms with E-state index in [-0.39, 0.29) is 12.5 Å². The Hall–Kier alpha value is -2.01. The minimum absolute atomic E-state index is 0.228. The molecule has 22 heavy (non-hydrogen) atoms. The summed E-state index contributed by atoms with van der Waals surface area (Å²) in [6.07, 6.45) is -4.06. The lowest BCUT2D eigenvalue weighted by molar-refractivity contribution is -0.137. The Morgan fingerprint density at radius 1 is 1.09 bits per heavy atom. The van der Waals surface area contributed by atoms with E-state index >= 15 is 0 Å². The molecule has 2 aromatic rings. The average Bonchev–Trinajstić information content (AvgIpc) is 2.47. The van der Waals surface area contributed by atoms with Crippen molar-refractivity contribution in [1.29, 1.82) is 0 Å². The number of hydrogen-bond acceptors (Lipinski definition) is 1. The maximum absolute atomic E-state index is 12.6. The van der Waals surface area contributed by atoms with Gasteiger partial charge in [0, 0.05) is 6.54 Å². The van der Waals surface area contributed by atoms with Gasteiger partial charge in [0.05, 0.1) is 16.1 Å². The summed E-state index contributed by atoms with van der Waals surface area (Å²) in [6.45, 7) is 0.228. The molecule has 0 fully saturated rings. The van der Waals surface area contributed by atoms with Crippen molar-refractivity contribution < 1.29 is 18.0 Å². The van der Waals surface area contributed by atoms with Crippen molar-refractivity contribution in [2.45, 2.75) is 12.6 Å². The third-order valence-electron chi connectivity index (χ3n) is 3.07. The fourth-order valence-corrected chi connectivity index (χ4v) is 2.19. The van der Waals surface area contributed by atoms with Crippen LogP contribution in [0.4, 0.5) is 13.2 Å². The van der Waals surface area contributed by atoms with Gasteiger partial charge in [-0.25, -0.2) is 0 Å². The van der Waals surface area contributed by atoms with E-state index < -0.39 is 11.7 Å². The molecule has 0 aliphatic rings. The minimum Gasteiger partial charge on any atom is -0.352 e. The van der Waals surface area contributed by atoms with E-state index in [0.717, 1.165) is 12.1 Å². The molecule has 0 unspecified atom stereocenters. The molecule has 116 valence electrons. The van der Waals surface area contributed by atoms with Crippen LogP contribution in [0, 0.1) is 0 Å². The lowest BCUT2D eigenvalue weighted by atomic mass is 10.1. The zero-order valence-electron chi connectivity index (χ0n) is 11.5. The Kier molecular flexibility index (Phi) is 5.08. The van der Waals surface area contributed by atoms with Crippen molar-refractivity contribution in [2.24, 2.45) is 0 Å². The van der Waals surface area contributed by atoms with Crippen molar-refractivity contribution in [1.82, 2.24) is 5.32 Å². The first kappa shape index (κ1) is 16.4. The van der Waals surface area contributed by atoms with Crippen molar-refractivity contribution in [3.05, 3.63) is 70.2 Å². The number of benzene rings is 2. The van der Waals surface area contributed by atoms with E-state index in [4.69, 9.17) is 11.6 Å². The van der Waals surface area contributed by atoms with E-state index in [1.54, 1.807) is 30.3 Å². The second kappa shape index (κ2) is 6.83. The van der Waals surface area contributed by atoms with E-state index in [1.165, 1.54) is 6.07 Å². The van der Waals surface area contributed by atoms with E-state index in [0.29, 0.717) is 22.6 Å². The van der Waals surface area contributed by atoms with Crippen molar-refractivity contribution >= 4 is 17.5 Å². The molecule has 0 bridgehead atoms. The average molecular weight is 328 g/mol. The molecule has 0 saturated heterocycles. The second-order valence-electron chi connectivity index (χ2n) is 4.68. The monoisotopic (exact) mass is 327 g/mol. The van der Waals surface area contributed by atoms with Crippen molar-refractivity contribution in [2.75, 3.05) is 6.54 Å². The van der Waals surface area contributed by atoms with Crippen LogP contribution in [0.5, 0.6) is 0 Å². The third-order valence-corrected chi connectivity index (χ3v) is 3.40. The highest BCUT2D eigenvalue weighted by atomic mass is 35.5. The Balaban J connectivity index is 1.94. The second-order valence-corrected chi connectivity index (χ2v) is 5.09. The van der Waals surface area contributed by atoms with Crippen LogP contribution in [-0.4, -0.2) is 12.5 Å². The number of carbonyl (C=O) groups is 1. The van der Waals surface area contributed by atoms with Crippen molar-refractivity contribution in [3.8, 4) is 0 Å². The number of amides is 1. The molecule has 0 spiro atoms. The molecule has 0 heterocycles. The molecule has 1 amide bonds. The molecule has 1 N–H and O–H groups in total. The van der Waals surface area contributed by atoms with Crippen LogP contribution in [0.1, 0.15) is 21.5 Å². The van der Waals surface area contributed by atoms with Crippen molar-refractivity contribution in [3.63, 3.8) is 0 Å². The Morgan fingerprint density at radius 3 is 2.50 bits per heavy atom. The molecule has 0 aliphatic carbocycles. The summed E-state index contributed by atoms with van der Waals surface area (Å²) < 4.78 is 37.8. The zero-order valence-corrected chi connectivity index (χ0v) is 12.2. The number of hydrogen-bond donors (Lipinski definition) is 1. The van der Waals surface area contributed by atoms with Gasteiger partial charge in [-0.15, -0.1) is 0 Å². The topological polar surface area (TPSA) is 29.1 Å². The molecule has 0 atom stereocenters. The van der Waals surface area contributed by atoms with Gasteiger partial charge in [-0.1, -0.05) is 41.9 Å². The molecule has 2 nitrogen and oxygen atoms in total. The highest BCUT2D eigenvalue weighted by Crippen LogP contribution is 2.29. The third kappa shape index (κ3) is 4.24. The Labute approximate surface area is 130 Å². The first-order chi connectivity index (χ1) is 10.4. The summed E-state index contributed by atoms with van der Waals surface area (Å²) in [4.78, 5) is 11.9. The maximum Gasteiger partial charge on any atom is 0.416 e.